The predicted molar refractivity (Wildman–Crippen MR) is 86.6 cm³/mol. The lowest BCUT2D eigenvalue weighted by Gasteiger charge is -2.33. The lowest BCUT2D eigenvalue weighted by molar-refractivity contribution is 0.0177. The summed E-state index contributed by atoms with van der Waals surface area (Å²) in [4.78, 5) is 5.03. The van der Waals surface area contributed by atoms with Gasteiger partial charge in [-0.25, -0.2) is 0 Å². The van der Waals surface area contributed by atoms with E-state index in [4.69, 9.17) is 4.74 Å². The van der Waals surface area contributed by atoms with Crippen LogP contribution in [-0.4, -0.2) is 60.3 Å². The highest BCUT2D eigenvalue weighted by molar-refractivity contribution is 9.10. The van der Waals surface area contributed by atoms with Crippen molar-refractivity contribution in [1.29, 1.82) is 0 Å². The molecular formula is C16H23BrN2O2. The van der Waals surface area contributed by atoms with E-state index in [1.807, 2.05) is 12.1 Å². The van der Waals surface area contributed by atoms with E-state index >= 15 is 0 Å². The largest absolute Gasteiger partial charge is 0.508 e. The molecule has 2 heterocycles. The second kappa shape index (κ2) is 6.65. The summed E-state index contributed by atoms with van der Waals surface area (Å²) >= 11 is 3.50. The van der Waals surface area contributed by atoms with Gasteiger partial charge < -0.3 is 9.84 Å². The van der Waals surface area contributed by atoms with Gasteiger partial charge in [-0.05, 0) is 31.5 Å². The standard InChI is InChI=1S/C16H23BrN2O2/c1-12(15-10-13(17)2-3-16(15)20)19-5-4-14(11-19)18-6-8-21-9-7-18/h2-3,10,12,14,20H,4-9,11H2,1H3. The van der Waals surface area contributed by atoms with Crippen LogP contribution in [0.4, 0.5) is 0 Å². The van der Waals surface area contributed by atoms with Crippen LogP contribution < -0.4 is 0 Å². The highest BCUT2D eigenvalue weighted by Gasteiger charge is 2.32. The molecule has 0 saturated carbocycles. The van der Waals surface area contributed by atoms with Crippen LogP contribution in [0, 0.1) is 0 Å². The van der Waals surface area contributed by atoms with E-state index in [9.17, 15) is 5.11 Å². The molecule has 116 valence electrons. The maximum absolute atomic E-state index is 10.1. The van der Waals surface area contributed by atoms with Gasteiger partial charge in [-0.2, -0.15) is 0 Å². The van der Waals surface area contributed by atoms with Crippen molar-refractivity contribution in [2.24, 2.45) is 0 Å². The molecule has 0 amide bonds. The zero-order valence-electron chi connectivity index (χ0n) is 12.5. The number of nitrogens with zero attached hydrogens (tertiary/aromatic N) is 2. The first-order chi connectivity index (χ1) is 10.1. The summed E-state index contributed by atoms with van der Waals surface area (Å²) in [6.07, 6.45) is 1.21. The molecule has 1 aromatic carbocycles. The van der Waals surface area contributed by atoms with Gasteiger partial charge in [-0.15, -0.1) is 0 Å². The summed E-state index contributed by atoms with van der Waals surface area (Å²) in [6, 6.07) is 6.55. The Hall–Kier alpha value is -0.620. The minimum Gasteiger partial charge on any atom is -0.508 e. The first kappa shape index (κ1) is 15.3. The molecule has 1 aromatic rings. The van der Waals surface area contributed by atoms with E-state index in [1.165, 1.54) is 6.42 Å². The van der Waals surface area contributed by atoms with Crippen molar-refractivity contribution in [1.82, 2.24) is 9.80 Å². The molecule has 2 aliphatic rings. The van der Waals surface area contributed by atoms with Crippen LogP contribution in [0.3, 0.4) is 0 Å². The molecular weight excluding hydrogens is 332 g/mol. The molecule has 2 unspecified atom stereocenters. The summed E-state index contributed by atoms with van der Waals surface area (Å²) in [5.74, 6) is 0.389. The highest BCUT2D eigenvalue weighted by atomic mass is 79.9. The summed E-state index contributed by atoms with van der Waals surface area (Å²) in [5, 5.41) is 10.1. The zero-order valence-corrected chi connectivity index (χ0v) is 14.1. The lowest BCUT2D eigenvalue weighted by Crippen LogP contribution is -2.44. The Bertz CT molecular complexity index is 491. The third-order valence-corrected chi connectivity index (χ3v) is 5.24. The maximum Gasteiger partial charge on any atom is 0.120 e. The van der Waals surface area contributed by atoms with Crippen molar-refractivity contribution in [2.45, 2.75) is 25.4 Å². The van der Waals surface area contributed by atoms with Gasteiger partial charge in [0.1, 0.15) is 5.75 Å². The summed E-state index contributed by atoms with van der Waals surface area (Å²) in [5.41, 5.74) is 1.01. The summed E-state index contributed by atoms with van der Waals surface area (Å²) in [7, 11) is 0. The van der Waals surface area contributed by atoms with Gasteiger partial charge in [0.25, 0.3) is 0 Å². The van der Waals surface area contributed by atoms with E-state index in [2.05, 4.69) is 32.7 Å². The molecule has 4 nitrogen and oxygen atoms in total. The molecule has 1 N–H and O–H groups in total. The first-order valence-electron chi connectivity index (χ1n) is 7.69. The van der Waals surface area contributed by atoms with E-state index in [0.29, 0.717) is 11.8 Å². The van der Waals surface area contributed by atoms with Crippen LogP contribution >= 0.6 is 15.9 Å². The Morgan fingerprint density at radius 2 is 2.05 bits per heavy atom. The molecule has 3 rings (SSSR count). The van der Waals surface area contributed by atoms with Gasteiger partial charge >= 0.3 is 0 Å². The van der Waals surface area contributed by atoms with Crippen molar-refractivity contribution in [3.05, 3.63) is 28.2 Å². The number of phenolic OH excluding ortho intramolecular Hbond substituents is 1. The topological polar surface area (TPSA) is 35.9 Å². The molecule has 2 aliphatic heterocycles. The third kappa shape index (κ3) is 3.42. The fourth-order valence-electron chi connectivity index (χ4n) is 3.42. The molecule has 0 aromatic heterocycles. The maximum atomic E-state index is 10.1. The number of phenols is 1. The van der Waals surface area contributed by atoms with E-state index in [-0.39, 0.29) is 6.04 Å². The molecule has 0 spiro atoms. The van der Waals surface area contributed by atoms with Crippen LogP contribution in [0.15, 0.2) is 22.7 Å². The second-order valence-corrected chi connectivity index (χ2v) is 6.88. The first-order valence-corrected chi connectivity index (χ1v) is 8.48. The summed E-state index contributed by atoms with van der Waals surface area (Å²) in [6.45, 7) is 8.17. The molecule has 21 heavy (non-hydrogen) atoms. The molecule has 2 saturated heterocycles. The average Bonchev–Trinajstić information content (AvgIpc) is 3.00. The SMILES string of the molecule is CC(c1cc(Br)ccc1O)N1CCC(N2CCOCC2)C1. The third-order valence-electron chi connectivity index (χ3n) is 4.74. The minimum absolute atomic E-state index is 0.244. The van der Waals surface area contributed by atoms with Crippen molar-refractivity contribution in [2.75, 3.05) is 39.4 Å². The van der Waals surface area contributed by atoms with Crippen LogP contribution in [-0.2, 0) is 4.74 Å². The quantitative estimate of drug-likeness (QED) is 0.904. The lowest BCUT2D eigenvalue weighted by atomic mass is 10.1. The Kier molecular flexibility index (Phi) is 4.84. The van der Waals surface area contributed by atoms with Gasteiger partial charge in [-0.3, -0.25) is 9.80 Å². The number of rotatable bonds is 3. The fraction of sp³-hybridized carbons (Fsp3) is 0.625. The molecule has 0 radical (unpaired) electrons. The van der Waals surface area contributed by atoms with Gasteiger partial charge in [-0.1, -0.05) is 15.9 Å². The number of ether oxygens (including phenoxy) is 1. The molecule has 0 aliphatic carbocycles. The van der Waals surface area contributed by atoms with Crippen molar-refractivity contribution >= 4 is 15.9 Å². The highest BCUT2D eigenvalue weighted by Crippen LogP contribution is 2.33. The number of hydrogen-bond donors (Lipinski definition) is 1. The Balaban J connectivity index is 1.66. The van der Waals surface area contributed by atoms with Gasteiger partial charge in [0.2, 0.25) is 0 Å². The van der Waals surface area contributed by atoms with Crippen LogP contribution in [0.1, 0.15) is 24.9 Å². The predicted octanol–water partition coefficient (Wildman–Crippen LogP) is 2.62. The average molecular weight is 355 g/mol. The monoisotopic (exact) mass is 354 g/mol. The summed E-state index contributed by atoms with van der Waals surface area (Å²) < 4.78 is 6.46. The normalized spacial score (nSPS) is 26.1. The zero-order chi connectivity index (χ0) is 14.8. The van der Waals surface area contributed by atoms with Crippen molar-refractivity contribution in [3.63, 3.8) is 0 Å². The van der Waals surface area contributed by atoms with Gasteiger partial charge in [0.05, 0.1) is 13.2 Å². The number of aromatic hydroxyl groups is 1. The smallest absolute Gasteiger partial charge is 0.120 e. The number of benzene rings is 1. The van der Waals surface area contributed by atoms with Crippen LogP contribution in [0.5, 0.6) is 5.75 Å². The molecule has 2 atom stereocenters. The van der Waals surface area contributed by atoms with Crippen molar-refractivity contribution < 1.29 is 9.84 Å². The van der Waals surface area contributed by atoms with Crippen molar-refractivity contribution in [3.8, 4) is 5.75 Å². The van der Waals surface area contributed by atoms with E-state index in [1.54, 1.807) is 6.07 Å². The second-order valence-electron chi connectivity index (χ2n) is 5.96. The van der Waals surface area contributed by atoms with Gasteiger partial charge in [0, 0.05) is 48.3 Å². The fourth-order valence-corrected chi connectivity index (χ4v) is 3.80. The molecule has 2 fully saturated rings. The van der Waals surface area contributed by atoms with E-state index in [0.717, 1.165) is 49.4 Å². The number of morpholine rings is 1. The number of likely N-dealkylation sites (tertiary alicyclic amines) is 1. The molecule has 0 bridgehead atoms. The number of hydrogen-bond acceptors (Lipinski definition) is 4. The van der Waals surface area contributed by atoms with Crippen LogP contribution in [0.25, 0.3) is 0 Å². The Labute approximate surface area is 134 Å². The Morgan fingerprint density at radius 3 is 2.81 bits per heavy atom. The molecule has 5 heteroatoms. The number of halogens is 1. The minimum atomic E-state index is 0.244. The Morgan fingerprint density at radius 1 is 1.29 bits per heavy atom. The van der Waals surface area contributed by atoms with Gasteiger partial charge in [0.15, 0.2) is 0 Å². The van der Waals surface area contributed by atoms with E-state index < -0.39 is 0 Å². The van der Waals surface area contributed by atoms with Crippen LogP contribution in [0.2, 0.25) is 0 Å².